The SMILES string of the molecule is Cc1oc(-c2cccs2)nc1CC(=O)Nc1ccccc1Br. The molecular weight excluding hydrogens is 364 g/mol. The van der Waals surface area contributed by atoms with Gasteiger partial charge in [-0.15, -0.1) is 11.3 Å². The minimum atomic E-state index is -0.124. The van der Waals surface area contributed by atoms with Gasteiger partial charge in [-0.1, -0.05) is 18.2 Å². The summed E-state index contributed by atoms with van der Waals surface area (Å²) < 4.78 is 6.49. The smallest absolute Gasteiger partial charge is 0.236 e. The number of hydrogen-bond acceptors (Lipinski definition) is 4. The van der Waals surface area contributed by atoms with Crippen molar-refractivity contribution in [2.75, 3.05) is 5.32 Å². The van der Waals surface area contributed by atoms with E-state index in [1.165, 1.54) is 0 Å². The Bertz CT molecular complexity index is 796. The zero-order valence-corrected chi connectivity index (χ0v) is 14.2. The lowest BCUT2D eigenvalue weighted by molar-refractivity contribution is -0.115. The predicted molar refractivity (Wildman–Crippen MR) is 91.0 cm³/mol. The first-order valence-electron chi connectivity index (χ1n) is 6.68. The molecule has 0 aliphatic carbocycles. The number of para-hydroxylation sites is 1. The summed E-state index contributed by atoms with van der Waals surface area (Å²) in [7, 11) is 0. The number of aryl methyl sites for hydroxylation is 1. The number of carbonyl (C=O) groups is 1. The van der Waals surface area contributed by atoms with Gasteiger partial charge >= 0.3 is 0 Å². The van der Waals surface area contributed by atoms with Gasteiger partial charge in [0.25, 0.3) is 0 Å². The molecule has 2 heterocycles. The highest BCUT2D eigenvalue weighted by atomic mass is 79.9. The van der Waals surface area contributed by atoms with E-state index >= 15 is 0 Å². The third-order valence-electron chi connectivity index (χ3n) is 3.10. The zero-order valence-electron chi connectivity index (χ0n) is 11.8. The summed E-state index contributed by atoms with van der Waals surface area (Å²) in [6, 6.07) is 11.4. The Kier molecular flexibility index (Phi) is 4.40. The minimum Gasteiger partial charge on any atom is -0.440 e. The summed E-state index contributed by atoms with van der Waals surface area (Å²) in [5.74, 6) is 1.11. The van der Waals surface area contributed by atoms with Crippen LogP contribution in [0, 0.1) is 6.92 Å². The van der Waals surface area contributed by atoms with Crippen LogP contribution < -0.4 is 5.32 Å². The number of nitrogens with zero attached hydrogens (tertiary/aromatic N) is 1. The molecule has 3 rings (SSSR count). The molecule has 1 N–H and O–H groups in total. The topological polar surface area (TPSA) is 55.1 Å². The van der Waals surface area contributed by atoms with Gasteiger partial charge in [0, 0.05) is 4.47 Å². The number of nitrogens with one attached hydrogen (secondary N) is 1. The average Bonchev–Trinajstić information content (AvgIpc) is 3.12. The molecule has 0 saturated carbocycles. The molecule has 4 nitrogen and oxygen atoms in total. The summed E-state index contributed by atoms with van der Waals surface area (Å²) in [5, 5.41) is 4.83. The normalized spacial score (nSPS) is 10.6. The minimum absolute atomic E-state index is 0.124. The Morgan fingerprint density at radius 1 is 1.32 bits per heavy atom. The molecule has 3 aromatic rings. The van der Waals surface area contributed by atoms with Crippen LogP contribution in [0.25, 0.3) is 10.8 Å². The fourth-order valence-corrected chi connectivity index (χ4v) is 3.04. The van der Waals surface area contributed by atoms with Gasteiger partial charge in [-0.05, 0) is 46.4 Å². The van der Waals surface area contributed by atoms with Gasteiger partial charge in [0.2, 0.25) is 11.8 Å². The quantitative estimate of drug-likeness (QED) is 0.720. The molecule has 0 bridgehead atoms. The van der Waals surface area contributed by atoms with Crippen molar-refractivity contribution < 1.29 is 9.21 Å². The van der Waals surface area contributed by atoms with E-state index in [4.69, 9.17) is 4.42 Å². The van der Waals surface area contributed by atoms with Crippen LogP contribution in [-0.4, -0.2) is 10.9 Å². The molecule has 0 aliphatic heterocycles. The molecule has 0 radical (unpaired) electrons. The van der Waals surface area contributed by atoms with Crippen molar-refractivity contribution in [3.63, 3.8) is 0 Å². The van der Waals surface area contributed by atoms with E-state index in [9.17, 15) is 4.79 Å². The van der Waals surface area contributed by atoms with Gasteiger partial charge in [-0.3, -0.25) is 4.79 Å². The Morgan fingerprint density at radius 2 is 2.14 bits per heavy atom. The lowest BCUT2D eigenvalue weighted by atomic mass is 10.2. The van der Waals surface area contributed by atoms with Crippen molar-refractivity contribution in [2.24, 2.45) is 0 Å². The van der Waals surface area contributed by atoms with Crippen LogP contribution in [0.1, 0.15) is 11.5 Å². The third-order valence-corrected chi connectivity index (χ3v) is 4.65. The van der Waals surface area contributed by atoms with Crippen molar-refractivity contribution in [1.82, 2.24) is 4.98 Å². The standard InChI is InChI=1S/C16H13BrN2O2S/c1-10-13(19-16(21-10)14-7-4-8-22-14)9-15(20)18-12-6-3-2-5-11(12)17/h2-8H,9H2,1H3,(H,18,20). The summed E-state index contributed by atoms with van der Waals surface area (Å²) in [4.78, 5) is 17.6. The molecule has 112 valence electrons. The zero-order chi connectivity index (χ0) is 15.5. The summed E-state index contributed by atoms with van der Waals surface area (Å²) >= 11 is 4.97. The van der Waals surface area contributed by atoms with E-state index in [2.05, 4.69) is 26.2 Å². The maximum atomic E-state index is 12.2. The first-order chi connectivity index (χ1) is 10.6. The van der Waals surface area contributed by atoms with Crippen LogP contribution in [0.3, 0.4) is 0 Å². The second-order valence-corrected chi connectivity index (χ2v) is 6.51. The van der Waals surface area contributed by atoms with E-state index < -0.39 is 0 Å². The number of amides is 1. The highest BCUT2D eigenvalue weighted by molar-refractivity contribution is 9.10. The molecule has 0 unspecified atom stereocenters. The monoisotopic (exact) mass is 376 g/mol. The fraction of sp³-hybridized carbons (Fsp3) is 0.125. The van der Waals surface area contributed by atoms with Crippen LogP contribution >= 0.6 is 27.3 Å². The summed E-state index contributed by atoms with van der Waals surface area (Å²) in [5.41, 5.74) is 1.40. The third kappa shape index (κ3) is 3.28. The average molecular weight is 377 g/mol. The summed E-state index contributed by atoms with van der Waals surface area (Å²) in [6.07, 6.45) is 0.183. The first kappa shape index (κ1) is 15.0. The number of carbonyl (C=O) groups excluding carboxylic acids is 1. The maximum Gasteiger partial charge on any atom is 0.236 e. The van der Waals surface area contributed by atoms with Crippen LogP contribution in [0.15, 0.2) is 50.7 Å². The second kappa shape index (κ2) is 6.46. The van der Waals surface area contributed by atoms with E-state index in [0.717, 1.165) is 15.0 Å². The first-order valence-corrected chi connectivity index (χ1v) is 8.35. The molecule has 6 heteroatoms. The molecule has 22 heavy (non-hydrogen) atoms. The Morgan fingerprint density at radius 3 is 2.86 bits per heavy atom. The lowest BCUT2D eigenvalue weighted by Gasteiger charge is -2.06. The number of oxazole rings is 1. The highest BCUT2D eigenvalue weighted by Gasteiger charge is 2.15. The van der Waals surface area contributed by atoms with E-state index in [1.54, 1.807) is 11.3 Å². The van der Waals surface area contributed by atoms with Gasteiger partial charge in [0.1, 0.15) is 5.76 Å². The van der Waals surface area contributed by atoms with Crippen LogP contribution in [0.2, 0.25) is 0 Å². The molecule has 2 aromatic heterocycles. The number of rotatable bonds is 4. The van der Waals surface area contributed by atoms with Gasteiger partial charge in [0.15, 0.2) is 0 Å². The largest absolute Gasteiger partial charge is 0.440 e. The molecule has 1 amide bonds. The molecular formula is C16H13BrN2O2S. The molecule has 0 saturated heterocycles. The Balaban J connectivity index is 1.73. The van der Waals surface area contributed by atoms with Crippen molar-refractivity contribution in [2.45, 2.75) is 13.3 Å². The van der Waals surface area contributed by atoms with E-state index in [1.807, 2.05) is 48.7 Å². The predicted octanol–water partition coefficient (Wildman–Crippen LogP) is 4.66. The molecule has 0 atom stereocenters. The summed E-state index contributed by atoms with van der Waals surface area (Å²) in [6.45, 7) is 1.82. The second-order valence-electron chi connectivity index (χ2n) is 4.70. The van der Waals surface area contributed by atoms with Crippen molar-refractivity contribution in [3.05, 3.63) is 57.7 Å². The lowest BCUT2D eigenvalue weighted by Crippen LogP contribution is -2.15. The van der Waals surface area contributed by atoms with E-state index in [-0.39, 0.29) is 12.3 Å². The number of anilines is 1. The molecule has 0 spiro atoms. The Hall–Kier alpha value is -1.92. The van der Waals surface area contributed by atoms with E-state index in [0.29, 0.717) is 17.3 Å². The number of hydrogen-bond donors (Lipinski definition) is 1. The number of benzene rings is 1. The molecule has 0 fully saturated rings. The van der Waals surface area contributed by atoms with Crippen LogP contribution in [0.4, 0.5) is 5.69 Å². The van der Waals surface area contributed by atoms with Crippen molar-refractivity contribution in [1.29, 1.82) is 0 Å². The van der Waals surface area contributed by atoms with Gasteiger partial charge < -0.3 is 9.73 Å². The Labute approximate surface area is 140 Å². The van der Waals surface area contributed by atoms with Crippen molar-refractivity contribution in [3.8, 4) is 10.8 Å². The molecule has 1 aromatic carbocycles. The number of thiophene rings is 1. The van der Waals surface area contributed by atoms with Gasteiger partial charge in [0.05, 0.1) is 22.7 Å². The molecule has 0 aliphatic rings. The fourth-order valence-electron chi connectivity index (χ4n) is 2.01. The number of halogens is 1. The van der Waals surface area contributed by atoms with Gasteiger partial charge in [-0.2, -0.15) is 0 Å². The maximum absolute atomic E-state index is 12.2. The van der Waals surface area contributed by atoms with Crippen LogP contribution in [-0.2, 0) is 11.2 Å². The van der Waals surface area contributed by atoms with Crippen LogP contribution in [0.5, 0.6) is 0 Å². The van der Waals surface area contributed by atoms with Crippen molar-refractivity contribution >= 4 is 38.9 Å². The number of aromatic nitrogens is 1. The van der Waals surface area contributed by atoms with Gasteiger partial charge in [-0.25, -0.2) is 4.98 Å². The highest BCUT2D eigenvalue weighted by Crippen LogP contribution is 2.26.